The van der Waals surface area contributed by atoms with Crippen LogP contribution in [-0.2, 0) is 16.9 Å². The predicted molar refractivity (Wildman–Crippen MR) is 116 cm³/mol. The number of ether oxygens (including phenoxy) is 2. The third-order valence-corrected chi connectivity index (χ3v) is 6.16. The maximum Gasteiger partial charge on any atom is 0.325 e. The molecule has 5 rings (SSSR count). The number of imide groups is 1. The molecule has 0 bridgehead atoms. The minimum absolute atomic E-state index is 0.137. The van der Waals surface area contributed by atoms with Gasteiger partial charge in [-0.2, -0.15) is 0 Å². The van der Waals surface area contributed by atoms with Gasteiger partial charge in [-0.15, -0.1) is 10.2 Å². The number of halogens is 1. The number of carbonyl (C=O) groups excluding carboxylic acids is 2. The lowest BCUT2D eigenvalue weighted by Gasteiger charge is -2.23. The van der Waals surface area contributed by atoms with Gasteiger partial charge in [-0.25, -0.2) is 4.79 Å². The van der Waals surface area contributed by atoms with Crippen LogP contribution in [0, 0.1) is 0 Å². The third-order valence-electron chi connectivity index (χ3n) is 5.46. The van der Waals surface area contributed by atoms with Gasteiger partial charge < -0.3 is 19.2 Å². The molecule has 2 aliphatic heterocycles. The summed E-state index contributed by atoms with van der Waals surface area (Å²) in [6.07, 6.45) is 0.774. The fraction of sp³-hybridized carbons (Fsp3) is 0.273. The van der Waals surface area contributed by atoms with E-state index >= 15 is 0 Å². The minimum atomic E-state index is -1.26. The van der Waals surface area contributed by atoms with Crippen LogP contribution in [0.25, 0.3) is 11.5 Å². The normalized spacial score (nSPS) is 20.2. The summed E-state index contributed by atoms with van der Waals surface area (Å²) >= 11 is 3.45. The van der Waals surface area contributed by atoms with Crippen LogP contribution in [0.3, 0.4) is 0 Å². The lowest BCUT2D eigenvalue weighted by molar-refractivity contribution is -0.131. The zero-order valence-electron chi connectivity index (χ0n) is 17.1. The van der Waals surface area contributed by atoms with Gasteiger partial charge in [-0.05, 0) is 52.7 Å². The summed E-state index contributed by atoms with van der Waals surface area (Å²) in [5.74, 6) is 1.20. The molecular formula is C22H19BrN4O5. The Hall–Kier alpha value is -3.40. The Morgan fingerprint density at radius 1 is 1.09 bits per heavy atom. The van der Waals surface area contributed by atoms with Crippen LogP contribution in [0.2, 0.25) is 0 Å². The van der Waals surface area contributed by atoms with Crippen molar-refractivity contribution < 1.29 is 23.5 Å². The van der Waals surface area contributed by atoms with Crippen molar-refractivity contribution in [2.75, 3.05) is 13.2 Å². The molecule has 2 aliphatic rings. The van der Waals surface area contributed by atoms with E-state index in [-0.39, 0.29) is 12.4 Å². The van der Waals surface area contributed by atoms with Crippen LogP contribution in [0.4, 0.5) is 4.79 Å². The fourth-order valence-electron chi connectivity index (χ4n) is 3.71. The second kappa shape index (κ2) is 7.94. The Balaban J connectivity index is 1.39. The molecule has 1 atom stereocenters. The van der Waals surface area contributed by atoms with Crippen LogP contribution in [-0.4, -0.2) is 40.2 Å². The lowest BCUT2D eigenvalue weighted by atomic mass is 9.91. The molecular weight excluding hydrogens is 480 g/mol. The maximum absolute atomic E-state index is 13.3. The van der Waals surface area contributed by atoms with E-state index in [0.717, 1.165) is 21.4 Å². The van der Waals surface area contributed by atoms with Crippen LogP contribution < -0.4 is 14.8 Å². The van der Waals surface area contributed by atoms with Crippen molar-refractivity contribution in [2.24, 2.45) is 0 Å². The Morgan fingerprint density at radius 2 is 1.88 bits per heavy atom. The first kappa shape index (κ1) is 20.5. The summed E-state index contributed by atoms with van der Waals surface area (Å²) in [6, 6.07) is 12.1. The molecule has 10 heteroatoms. The molecule has 0 radical (unpaired) electrons. The van der Waals surface area contributed by atoms with E-state index in [4.69, 9.17) is 13.9 Å². The van der Waals surface area contributed by atoms with E-state index in [1.165, 1.54) is 0 Å². The predicted octanol–water partition coefficient (Wildman–Crippen LogP) is 3.63. The first-order valence-corrected chi connectivity index (χ1v) is 10.9. The Morgan fingerprint density at radius 3 is 2.69 bits per heavy atom. The zero-order valence-corrected chi connectivity index (χ0v) is 18.7. The minimum Gasteiger partial charge on any atom is -0.490 e. The number of nitrogens with one attached hydrogen (secondary N) is 1. The van der Waals surface area contributed by atoms with Crippen LogP contribution in [0.15, 0.2) is 51.4 Å². The van der Waals surface area contributed by atoms with E-state index in [2.05, 4.69) is 31.4 Å². The molecule has 1 saturated heterocycles. The molecule has 1 aromatic heterocycles. The van der Waals surface area contributed by atoms with Crippen LogP contribution in [0.1, 0.15) is 24.8 Å². The molecule has 32 heavy (non-hydrogen) atoms. The van der Waals surface area contributed by atoms with Gasteiger partial charge in [-0.3, -0.25) is 9.69 Å². The van der Waals surface area contributed by atoms with Crippen molar-refractivity contribution in [2.45, 2.75) is 25.4 Å². The van der Waals surface area contributed by atoms with E-state index in [9.17, 15) is 9.59 Å². The monoisotopic (exact) mass is 498 g/mol. The summed E-state index contributed by atoms with van der Waals surface area (Å²) in [7, 11) is 0. The number of nitrogens with zero attached hydrogens (tertiary/aromatic N) is 3. The molecule has 3 amide bonds. The van der Waals surface area contributed by atoms with Crippen molar-refractivity contribution >= 4 is 27.9 Å². The van der Waals surface area contributed by atoms with Gasteiger partial charge in [0.1, 0.15) is 12.1 Å². The molecule has 2 aromatic carbocycles. The molecule has 1 fully saturated rings. The topological polar surface area (TPSA) is 107 Å². The smallest absolute Gasteiger partial charge is 0.325 e. The van der Waals surface area contributed by atoms with Gasteiger partial charge >= 0.3 is 6.03 Å². The highest BCUT2D eigenvalue weighted by Gasteiger charge is 2.49. The lowest BCUT2D eigenvalue weighted by Crippen LogP contribution is -2.40. The number of rotatable bonds is 4. The van der Waals surface area contributed by atoms with Gasteiger partial charge in [-0.1, -0.05) is 18.2 Å². The highest BCUT2D eigenvalue weighted by atomic mass is 79.9. The summed E-state index contributed by atoms with van der Waals surface area (Å²) in [6.45, 7) is 2.62. The number of amides is 3. The molecule has 0 aliphatic carbocycles. The number of hydrogen-bond acceptors (Lipinski definition) is 7. The van der Waals surface area contributed by atoms with Gasteiger partial charge in [0, 0.05) is 10.9 Å². The molecule has 0 unspecified atom stereocenters. The first-order valence-electron chi connectivity index (χ1n) is 10.1. The summed E-state index contributed by atoms with van der Waals surface area (Å²) in [4.78, 5) is 27.0. The molecule has 0 saturated carbocycles. The van der Waals surface area contributed by atoms with Crippen molar-refractivity contribution in [3.63, 3.8) is 0 Å². The van der Waals surface area contributed by atoms with Gasteiger partial charge in [0.15, 0.2) is 11.5 Å². The molecule has 3 aromatic rings. The molecule has 164 valence electrons. The Bertz CT molecular complexity index is 1210. The van der Waals surface area contributed by atoms with Gasteiger partial charge in [0.2, 0.25) is 11.8 Å². The van der Waals surface area contributed by atoms with Crippen molar-refractivity contribution in [3.05, 3.63) is 58.4 Å². The number of urea groups is 1. The standard InChI is InChI=1S/C22H19BrN4O5/c1-22(13-7-8-16-17(11-13)31-10-4-9-30-16)20(28)27(21(29)24-22)12-18-25-26-19(32-18)14-5-2-3-6-15(14)23/h2-3,5-8,11H,4,9-10,12H2,1H3,(H,24,29)/t22-/m1/s1. The van der Waals surface area contributed by atoms with E-state index < -0.39 is 17.5 Å². The van der Waals surface area contributed by atoms with E-state index in [1.807, 2.05) is 24.3 Å². The highest BCUT2D eigenvalue weighted by molar-refractivity contribution is 9.10. The van der Waals surface area contributed by atoms with Crippen molar-refractivity contribution in [1.82, 2.24) is 20.4 Å². The number of hydrogen-bond donors (Lipinski definition) is 1. The summed E-state index contributed by atoms with van der Waals surface area (Å²) < 4.78 is 17.9. The largest absolute Gasteiger partial charge is 0.490 e. The maximum atomic E-state index is 13.3. The Kier molecular flexibility index (Phi) is 5.09. The van der Waals surface area contributed by atoms with E-state index in [1.54, 1.807) is 25.1 Å². The van der Waals surface area contributed by atoms with Gasteiger partial charge in [0.25, 0.3) is 5.91 Å². The average Bonchev–Trinajstić information content (AvgIpc) is 3.23. The third kappa shape index (κ3) is 3.50. The number of benzene rings is 2. The van der Waals surface area contributed by atoms with Crippen LogP contribution in [0.5, 0.6) is 11.5 Å². The van der Waals surface area contributed by atoms with E-state index in [0.29, 0.717) is 36.2 Å². The molecule has 3 heterocycles. The van der Waals surface area contributed by atoms with Crippen molar-refractivity contribution in [1.29, 1.82) is 0 Å². The molecule has 1 N–H and O–H groups in total. The summed E-state index contributed by atoms with van der Waals surface area (Å²) in [5, 5.41) is 10.8. The quantitative estimate of drug-likeness (QED) is 0.547. The van der Waals surface area contributed by atoms with Gasteiger partial charge in [0.05, 0.1) is 18.8 Å². The number of aromatic nitrogens is 2. The highest BCUT2D eigenvalue weighted by Crippen LogP contribution is 2.37. The Labute approximate surface area is 191 Å². The fourth-order valence-corrected chi connectivity index (χ4v) is 4.16. The zero-order chi connectivity index (χ0) is 22.3. The molecule has 0 spiro atoms. The summed E-state index contributed by atoms with van der Waals surface area (Å²) in [5.41, 5.74) is 0.0649. The van der Waals surface area contributed by atoms with Crippen molar-refractivity contribution in [3.8, 4) is 23.0 Å². The first-order chi connectivity index (χ1) is 15.5. The number of carbonyl (C=O) groups is 2. The second-order valence-corrected chi connectivity index (χ2v) is 8.49. The SMILES string of the molecule is C[C@]1(c2ccc3c(c2)OCCCO3)NC(=O)N(Cc2nnc(-c3ccccc3Br)o2)C1=O. The average molecular weight is 499 g/mol. The molecule has 9 nitrogen and oxygen atoms in total. The van der Waals surface area contributed by atoms with Crippen LogP contribution >= 0.6 is 15.9 Å². The second-order valence-electron chi connectivity index (χ2n) is 7.64. The number of fused-ring (bicyclic) bond motifs is 1.